The number of rotatable bonds is 1. The second kappa shape index (κ2) is 4.05. The van der Waals surface area contributed by atoms with Crippen LogP contribution in [0.4, 0.5) is 0 Å². The van der Waals surface area contributed by atoms with Crippen molar-refractivity contribution in [2.24, 2.45) is 5.73 Å². The van der Waals surface area contributed by atoms with Crippen molar-refractivity contribution in [3.8, 4) is 0 Å². The van der Waals surface area contributed by atoms with Crippen LogP contribution in [0.25, 0.3) is 6.08 Å². The molecule has 86 valence electrons. The Morgan fingerprint density at radius 1 is 1.29 bits per heavy atom. The average Bonchev–Trinajstić information content (AvgIpc) is 2.37. The second-order valence-electron chi connectivity index (χ2n) is 4.02. The van der Waals surface area contributed by atoms with E-state index in [1.807, 2.05) is 42.5 Å². The Hall–Kier alpha value is -1.52. The van der Waals surface area contributed by atoms with Crippen LogP contribution in [-0.2, 0) is 4.79 Å². The third-order valence-corrected chi connectivity index (χ3v) is 4.05. The lowest BCUT2D eigenvalue weighted by Crippen LogP contribution is -2.52. The summed E-state index contributed by atoms with van der Waals surface area (Å²) in [4.78, 5) is 13.6. The van der Waals surface area contributed by atoms with Crippen molar-refractivity contribution in [3.63, 3.8) is 0 Å². The van der Waals surface area contributed by atoms with E-state index in [2.05, 4.69) is 0 Å². The molecule has 1 aromatic rings. The summed E-state index contributed by atoms with van der Waals surface area (Å²) in [5.74, 6) is 0.0782. The number of nitrogens with zero attached hydrogens (tertiary/aromatic N) is 1. The number of hydrogen-bond acceptors (Lipinski definition) is 3. The quantitative estimate of drug-likeness (QED) is 0.605. The Labute approximate surface area is 104 Å². The van der Waals surface area contributed by atoms with Crippen LogP contribution in [0, 0.1) is 0 Å². The molecular weight excluding hydrogens is 232 g/mol. The Balaban J connectivity index is 1.89. The zero-order valence-electron chi connectivity index (χ0n) is 9.11. The van der Waals surface area contributed by atoms with E-state index in [-0.39, 0.29) is 16.7 Å². The fraction of sp³-hybridized carbons (Fsp3) is 0.154. The topological polar surface area (TPSA) is 46.3 Å². The maximum atomic E-state index is 11.9. The fourth-order valence-electron chi connectivity index (χ4n) is 1.96. The molecule has 2 heterocycles. The van der Waals surface area contributed by atoms with E-state index in [9.17, 15) is 4.79 Å². The summed E-state index contributed by atoms with van der Waals surface area (Å²) in [6.45, 7) is 0. The molecule has 4 heteroatoms. The van der Waals surface area contributed by atoms with Crippen LogP contribution in [0.5, 0.6) is 0 Å². The van der Waals surface area contributed by atoms with Crippen molar-refractivity contribution in [1.29, 1.82) is 0 Å². The van der Waals surface area contributed by atoms with Crippen molar-refractivity contribution in [2.45, 2.75) is 10.7 Å². The molecule has 3 nitrogen and oxygen atoms in total. The number of carbonyl (C=O) groups excluding carboxylic acids is 1. The number of nitrogens with two attached hydrogens (primary N) is 1. The first kappa shape index (κ1) is 10.6. The van der Waals surface area contributed by atoms with Gasteiger partial charge >= 0.3 is 0 Å². The Kier molecular flexibility index (Phi) is 2.53. The number of thioether (sulfide) groups is 1. The number of β-lactam (4-membered cyclic amide) rings is 1. The molecule has 0 aromatic heterocycles. The summed E-state index contributed by atoms with van der Waals surface area (Å²) < 4.78 is 0. The maximum Gasteiger partial charge on any atom is 0.257 e. The molecule has 2 N–H and O–H groups in total. The van der Waals surface area contributed by atoms with Crippen molar-refractivity contribution >= 4 is 23.7 Å². The molecule has 0 saturated carbocycles. The predicted molar refractivity (Wildman–Crippen MR) is 69.8 cm³/mol. The minimum absolute atomic E-state index is 0.0245. The van der Waals surface area contributed by atoms with E-state index >= 15 is 0 Å². The third-order valence-electron chi connectivity index (χ3n) is 2.84. The fourth-order valence-corrected chi connectivity index (χ4v) is 3.03. The molecule has 0 radical (unpaired) electrons. The Morgan fingerprint density at radius 2 is 2.06 bits per heavy atom. The summed E-state index contributed by atoms with van der Waals surface area (Å²) in [6, 6.07) is 9.88. The van der Waals surface area contributed by atoms with Gasteiger partial charge in [0.2, 0.25) is 0 Å². The molecule has 0 spiro atoms. The Morgan fingerprint density at radius 3 is 2.82 bits per heavy atom. The van der Waals surface area contributed by atoms with Crippen LogP contribution in [0.15, 0.2) is 48.2 Å². The average molecular weight is 244 g/mol. The highest BCUT2D eigenvalue weighted by molar-refractivity contribution is 8.01. The molecule has 3 rings (SSSR count). The summed E-state index contributed by atoms with van der Waals surface area (Å²) in [7, 11) is 0. The molecule has 1 unspecified atom stereocenters. The Bertz CT molecular complexity index is 509. The van der Waals surface area contributed by atoms with Gasteiger partial charge in [-0.05, 0) is 17.7 Å². The molecule has 1 saturated heterocycles. The van der Waals surface area contributed by atoms with Crippen LogP contribution in [-0.4, -0.2) is 21.6 Å². The van der Waals surface area contributed by atoms with Crippen molar-refractivity contribution < 1.29 is 4.79 Å². The number of fused-ring (bicyclic) bond motifs is 1. The van der Waals surface area contributed by atoms with E-state index in [1.165, 1.54) is 0 Å². The van der Waals surface area contributed by atoms with E-state index in [0.717, 1.165) is 11.1 Å². The van der Waals surface area contributed by atoms with E-state index < -0.39 is 0 Å². The van der Waals surface area contributed by atoms with Crippen molar-refractivity contribution in [1.82, 2.24) is 4.90 Å². The normalized spacial score (nSPS) is 29.1. The summed E-state index contributed by atoms with van der Waals surface area (Å²) in [6.07, 6.45) is 5.58. The molecule has 2 aliphatic rings. The molecular formula is C13H12N2OS. The molecule has 1 aromatic carbocycles. The van der Waals surface area contributed by atoms with Gasteiger partial charge in [-0.3, -0.25) is 9.69 Å². The minimum Gasteiger partial charge on any atom is -0.316 e. The molecule has 1 amide bonds. The first-order valence-corrected chi connectivity index (χ1v) is 6.39. The maximum absolute atomic E-state index is 11.9. The highest BCUT2D eigenvalue weighted by Gasteiger charge is 2.43. The zero-order valence-corrected chi connectivity index (χ0v) is 9.93. The van der Waals surface area contributed by atoms with Crippen LogP contribution in [0.1, 0.15) is 5.56 Å². The standard InChI is InChI=1S/C13H12N2OS/c14-11-6-7-15-12(16)10(13(15)17-11)8-9-4-2-1-3-5-9/h1-8,11,13H,14H2/t11?,13-/m1/s1. The lowest BCUT2D eigenvalue weighted by molar-refractivity contribution is -0.130. The molecule has 0 bridgehead atoms. The molecule has 17 heavy (non-hydrogen) atoms. The first-order chi connectivity index (χ1) is 8.25. The number of benzene rings is 1. The second-order valence-corrected chi connectivity index (χ2v) is 5.28. The molecule has 1 fully saturated rings. The lowest BCUT2D eigenvalue weighted by atomic mass is 10.0. The smallest absolute Gasteiger partial charge is 0.257 e. The summed E-state index contributed by atoms with van der Waals surface area (Å²) in [5, 5.41) is 0.0613. The molecule has 2 aliphatic heterocycles. The van der Waals surface area contributed by atoms with Gasteiger partial charge in [0.25, 0.3) is 5.91 Å². The largest absolute Gasteiger partial charge is 0.316 e. The third kappa shape index (κ3) is 1.79. The monoisotopic (exact) mass is 244 g/mol. The van der Waals surface area contributed by atoms with Gasteiger partial charge in [-0.15, -0.1) is 11.8 Å². The van der Waals surface area contributed by atoms with Crippen LogP contribution in [0.2, 0.25) is 0 Å². The van der Waals surface area contributed by atoms with Gasteiger partial charge in [0.1, 0.15) is 5.37 Å². The number of amides is 1. The van der Waals surface area contributed by atoms with Gasteiger partial charge < -0.3 is 5.73 Å². The van der Waals surface area contributed by atoms with E-state index in [4.69, 9.17) is 5.73 Å². The minimum atomic E-state index is -0.0245. The first-order valence-electron chi connectivity index (χ1n) is 5.44. The molecule has 0 aliphatic carbocycles. The number of carbonyl (C=O) groups is 1. The van der Waals surface area contributed by atoms with Crippen LogP contribution >= 0.6 is 11.8 Å². The lowest BCUT2D eigenvalue weighted by Gasteiger charge is -2.43. The van der Waals surface area contributed by atoms with Crippen LogP contribution < -0.4 is 5.73 Å². The van der Waals surface area contributed by atoms with Crippen LogP contribution in [0.3, 0.4) is 0 Å². The number of hydrogen-bond donors (Lipinski definition) is 1. The van der Waals surface area contributed by atoms with E-state index in [1.54, 1.807) is 22.9 Å². The highest BCUT2D eigenvalue weighted by atomic mass is 32.2. The summed E-state index contributed by atoms with van der Waals surface area (Å²) >= 11 is 1.59. The van der Waals surface area contributed by atoms with Gasteiger partial charge in [-0.1, -0.05) is 30.3 Å². The van der Waals surface area contributed by atoms with Gasteiger partial charge in [-0.2, -0.15) is 0 Å². The van der Waals surface area contributed by atoms with E-state index in [0.29, 0.717) is 0 Å². The molecule has 2 atom stereocenters. The predicted octanol–water partition coefficient (Wildman–Crippen LogP) is 1.78. The zero-order chi connectivity index (χ0) is 11.8. The van der Waals surface area contributed by atoms with Gasteiger partial charge in [0.05, 0.1) is 10.9 Å². The van der Waals surface area contributed by atoms with Crippen molar-refractivity contribution in [2.75, 3.05) is 0 Å². The van der Waals surface area contributed by atoms with Crippen molar-refractivity contribution in [3.05, 3.63) is 53.7 Å². The van der Waals surface area contributed by atoms with Gasteiger partial charge in [-0.25, -0.2) is 0 Å². The van der Waals surface area contributed by atoms with Gasteiger partial charge in [0, 0.05) is 6.20 Å². The summed E-state index contributed by atoms with van der Waals surface area (Å²) in [5.41, 5.74) is 7.72. The SMILES string of the molecule is NC1C=CN2C(=O)C(=Cc3ccccc3)[C@H]2S1. The highest BCUT2D eigenvalue weighted by Crippen LogP contribution is 2.40. The van der Waals surface area contributed by atoms with Gasteiger partial charge in [0.15, 0.2) is 0 Å².